The number of hydrogen-bond acceptors (Lipinski definition) is 5. The number of non-ortho nitro benzene ring substituents is 1. The number of piperidine rings is 1. The van der Waals surface area contributed by atoms with E-state index in [-0.39, 0.29) is 16.6 Å². The molecule has 0 saturated carbocycles. The fourth-order valence-electron chi connectivity index (χ4n) is 2.65. The Hall–Kier alpha value is -1.51. The Balaban J connectivity index is 1.98. The van der Waals surface area contributed by atoms with Crippen LogP contribution in [0.3, 0.4) is 0 Å². The summed E-state index contributed by atoms with van der Waals surface area (Å²) in [4.78, 5) is 12.3. The SMILES string of the molecule is C[C@H](CN1CCCCC1)NS(=O)(=O)c1ccc([N+](=O)[O-])cc1. The number of rotatable bonds is 6. The van der Waals surface area contributed by atoms with Crippen molar-refractivity contribution >= 4 is 15.7 Å². The van der Waals surface area contributed by atoms with Crippen molar-refractivity contribution in [1.29, 1.82) is 0 Å². The molecule has 0 radical (unpaired) electrons. The molecule has 0 aliphatic carbocycles. The third kappa shape index (κ3) is 4.49. The van der Waals surface area contributed by atoms with E-state index in [0.717, 1.165) is 25.9 Å². The van der Waals surface area contributed by atoms with Gasteiger partial charge in [-0.1, -0.05) is 6.42 Å². The third-order valence-corrected chi connectivity index (χ3v) is 5.30. The number of benzene rings is 1. The second kappa shape index (κ2) is 7.17. The zero-order valence-electron chi connectivity index (χ0n) is 12.6. The van der Waals surface area contributed by atoms with Crippen LogP contribution in [0.1, 0.15) is 26.2 Å². The van der Waals surface area contributed by atoms with Crippen molar-refractivity contribution in [1.82, 2.24) is 9.62 Å². The van der Waals surface area contributed by atoms with E-state index < -0.39 is 14.9 Å². The van der Waals surface area contributed by atoms with Crippen LogP contribution >= 0.6 is 0 Å². The smallest absolute Gasteiger partial charge is 0.269 e. The number of nitrogens with zero attached hydrogens (tertiary/aromatic N) is 2. The monoisotopic (exact) mass is 327 g/mol. The van der Waals surface area contributed by atoms with Gasteiger partial charge in [-0.25, -0.2) is 13.1 Å². The van der Waals surface area contributed by atoms with Gasteiger partial charge in [-0.2, -0.15) is 0 Å². The summed E-state index contributed by atoms with van der Waals surface area (Å²) < 4.78 is 27.2. The van der Waals surface area contributed by atoms with E-state index in [9.17, 15) is 18.5 Å². The number of nitro groups is 1. The highest BCUT2D eigenvalue weighted by Gasteiger charge is 2.20. The maximum Gasteiger partial charge on any atom is 0.269 e. The van der Waals surface area contributed by atoms with Crippen LogP contribution in [0.15, 0.2) is 29.2 Å². The highest BCUT2D eigenvalue weighted by atomic mass is 32.2. The van der Waals surface area contributed by atoms with Crippen LogP contribution in [-0.4, -0.2) is 43.9 Å². The average Bonchev–Trinajstić information content (AvgIpc) is 2.47. The van der Waals surface area contributed by atoms with Crippen molar-refractivity contribution in [2.75, 3.05) is 19.6 Å². The van der Waals surface area contributed by atoms with Crippen molar-refractivity contribution in [2.45, 2.75) is 37.1 Å². The van der Waals surface area contributed by atoms with Gasteiger partial charge in [-0.05, 0) is 45.0 Å². The van der Waals surface area contributed by atoms with Gasteiger partial charge < -0.3 is 4.90 Å². The lowest BCUT2D eigenvalue weighted by Crippen LogP contribution is -2.43. The topological polar surface area (TPSA) is 92.6 Å². The van der Waals surface area contributed by atoms with Gasteiger partial charge >= 0.3 is 0 Å². The Bertz CT molecular complexity index is 609. The fraction of sp³-hybridized carbons (Fsp3) is 0.571. The first-order valence-corrected chi connectivity index (χ1v) is 8.86. The lowest BCUT2D eigenvalue weighted by Gasteiger charge is -2.29. The molecule has 1 N–H and O–H groups in total. The molecule has 0 spiro atoms. The van der Waals surface area contributed by atoms with E-state index in [0.29, 0.717) is 6.54 Å². The minimum Gasteiger partial charge on any atom is -0.302 e. The van der Waals surface area contributed by atoms with Gasteiger partial charge in [0, 0.05) is 24.7 Å². The second-order valence-electron chi connectivity index (χ2n) is 5.63. The summed E-state index contributed by atoms with van der Waals surface area (Å²) in [5, 5.41) is 10.6. The van der Waals surface area contributed by atoms with E-state index in [4.69, 9.17) is 0 Å². The predicted octanol–water partition coefficient (Wildman–Crippen LogP) is 1.75. The number of likely N-dealkylation sites (tertiary alicyclic amines) is 1. The predicted molar refractivity (Wildman–Crippen MR) is 83.2 cm³/mol. The van der Waals surface area contributed by atoms with Gasteiger partial charge in [0.2, 0.25) is 10.0 Å². The number of sulfonamides is 1. The minimum absolute atomic E-state index is 0.0450. The second-order valence-corrected chi connectivity index (χ2v) is 7.35. The van der Waals surface area contributed by atoms with Crippen LogP contribution in [0.2, 0.25) is 0 Å². The van der Waals surface area contributed by atoms with Gasteiger partial charge in [-0.15, -0.1) is 0 Å². The molecule has 1 fully saturated rings. The highest BCUT2D eigenvalue weighted by Crippen LogP contribution is 2.16. The Morgan fingerprint density at radius 3 is 2.36 bits per heavy atom. The molecule has 1 saturated heterocycles. The van der Waals surface area contributed by atoms with Crippen molar-refractivity contribution in [3.8, 4) is 0 Å². The summed E-state index contributed by atoms with van der Waals surface area (Å²) in [5.41, 5.74) is -0.125. The molecule has 1 heterocycles. The van der Waals surface area contributed by atoms with E-state index in [1.165, 1.54) is 30.7 Å². The van der Waals surface area contributed by atoms with Crippen molar-refractivity contribution < 1.29 is 13.3 Å². The van der Waals surface area contributed by atoms with Crippen LogP contribution in [-0.2, 0) is 10.0 Å². The molecule has 1 aromatic carbocycles. The third-order valence-electron chi connectivity index (χ3n) is 3.69. The molecule has 1 aliphatic rings. The first-order chi connectivity index (χ1) is 10.4. The first-order valence-electron chi connectivity index (χ1n) is 7.37. The lowest BCUT2D eigenvalue weighted by atomic mass is 10.1. The minimum atomic E-state index is -3.65. The molecule has 122 valence electrons. The normalized spacial score (nSPS) is 18.0. The Morgan fingerprint density at radius 2 is 1.82 bits per heavy atom. The van der Waals surface area contributed by atoms with Gasteiger partial charge in [0.25, 0.3) is 5.69 Å². The van der Waals surface area contributed by atoms with Crippen LogP contribution in [0.25, 0.3) is 0 Å². The Morgan fingerprint density at radius 1 is 1.23 bits per heavy atom. The standard InChI is InChI=1S/C14H21N3O4S/c1-12(11-16-9-3-2-4-10-16)15-22(20,21)14-7-5-13(6-8-14)17(18)19/h5-8,12,15H,2-4,9-11H2,1H3/t12-/m1/s1. The quantitative estimate of drug-likeness (QED) is 0.635. The van der Waals surface area contributed by atoms with Crippen molar-refractivity contribution in [3.05, 3.63) is 34.4 Å². The molecule has 8 heteroatoms. The summed E-state index contributed by atoms with van der Waals surface area (Å²) in [5.74, 6) is 0. The maximum absolute atomic E-state index is 12.3. The van der Waals surface area contributed by atoms with Gasteiger partial charge in [-0.3, -0.25) is 10.1 Å². The molecule has 1 aromatic rings. The number of hydrogen-bond donors (Lipinski definition) is 1. The summed E-state index contributed by atoms with van der Waals surface area (Å²) in [6.07, 6.45) is 3.54. The summed E-state index contributed by atoms with van der Waals surface area (Å²) in [7, 11) is -3.65. The molecule has 1 atom stereocenters. The zero-order chi connectivity index (χ0) is 16.2. The maximum atomic E-state index is 12.3. The number of nitro benzene ring substituents is 1. The molecular weight excluding hydrogens is 306 g/mol. The largest absolute Gasteiger partial charge is 0.302 e. The molecule has 22 heavy (non-hydrogen) atoms. The van der Waals surface area contributed by atoms with E-state index >= 15 is 0 Å². The van der Waals surface area contributed by atoms with E-state index in [1.54, 1.807) is 0 Å². The molecule has 0 aromatic heterocycles. The van der Waals surface area contributed by atoms with Gasteiger partial charge in [0.15, 0.2) is 0 Å². The molecule has 0 amide bonds. The number of nitrogens with one attached hydrogen (secondary N) is 1. The first kappa shape index (κ1) is 16.9. The summed E-state index contributed by atoms with van der Waals surface area (Å²) in [6, 6.07) is 4.70. The highest BCUT2D eigenvalue weighted by molar-refractivity contribution is 7.89. The molecule has 0 unspecified atom stereocenters. The molecule has 7 nitrogen and oxygen atoms in total. The van der Waals surface area contributed by atoms with Crippen LogP contribution in [0.5, 0.6) is 0 Å². The van der Waals surface area contributed by atoms with E-state index in [1.807, 2.05) is 6.92 Å². The summed E-state index contributed by atoms with van der Waals surface area (Å²) >= 11 is 0. The van der Waals surface area contributed by atoms with Crippen molar-refractivity contribution in [2.24, 2.45) is 0 Å². The Kier molecular flexibility index (Phi) is 5.49. The molecule has 2 rings (SSSR count). The van der Waals surface area contributed by atoms with Crippen LogP contribution in [0.4, 0.5) is 5.69 Å². The zero-order valence-corrected chi connectivity index (χ0v) is 13.4. The van der Waals surface area contributed by atoms with E-state index in [2.05, 4.69) is 9.62 Å². The van der Waals surface area contributed by atoms with Crippen LogP contribution < -0.4 is 4.72 Å². The lowest BCUT2D eigenvalue weighted by molar-refractivity contribution is -0.384. The molecular formula is C14H21N3O4S. The summed E-state index contributed by atoms with van der Waals surface area (Å²) in [6.45, 7) is 4.51. The molecule has 1 aliphatic heterocycles. The Labute approximate surface area is 130 Å². The molecule has 0 bridgehead atoms. The van der Waals surface area contributed by atoms with Gasteiger partial charge in [0.05, 0.1) is 9.82 Å². The van der Waals surface area contributed by atoms with Crippen molar-refractivity contribution in [3.63, 3.8) is 0 Å². The van der Waals surface area contributed by atoms with Gasteiger partial charge in [0.1, 0.15) is 0 Å². The van der Waals surface area contributed by atoms with Crippen LogP contribution in [0, 0.1) is 10.1 Å². The average molecular weight is 327 g/mol. The fourth-order valence-corrected chi connectivity index (χ4v) is 3.88.